The molecule has 4 nitrogen and oxygen atoms in total. The molecule has 2 rings (SSSR count). The standard InChI is InChI=1S/C11H8F2N2O2/c12-8-1-2-10(9(13)5-8)17-6-11(16)15-4-3-14-7-15/h1-5,7H,6H2. The second-order valence-electron chi connectivity index (χ2n) is 3.23. The van der Waals surface area contributed by atoms with E-state index in [0.29, 0.717) is 6.07 Å². The number of hydrogen-bond donors (Lipinski definition) is 0. The first-order valence-electron chi connectivity index (χ1n) is 4.76. The van der Waals surface area contributed by atoms with Gasteiger partial charge in [-0.2, -0.15) is 0 Å². The molecule has 0 amide bonds. The predicted molar refractivity (Wildman–Crippen MR) is 54.7 cm³/mol. The van der Waals surface area contributed by atoms with Crippen LogP contribution in [0, 0.1) is 11.6 Å². The molecule has 0 atom stereocenters. The molecule has 0 saturated heterocycles. The Bertz CT molecular complexity index is 526. The highest BCUT2D eigenvalue weighted by atomic mass is 19.1. The molecule has 1 aromatic carbocycles. The zero-order valence-corrected chi connectivity index (χ0v) is 8.64. The molecule has 0 aliphatic carbocycles. The molecule has 1 aromatic heterocycles. The smallest absolute Gasteiger partial charge is 0.269 e. The lowest BCUT2D eigenvalue weighted by Gasteiger charge is -2.06. The summed E-state index contributed by atoms with van der Waals surface area (Å²) in [6.07, 6.45) is 4.20. The Hall–Kier alpha value is -2.24. The fourth-order valence-corrected chi connectivity index (χ4v) is 1.21. The first-order chi connectivity index (χ1) is 8.16. The van der Waals surface area contributed by atoms with Crippen LogP contribution in [0.5, 0.6) is 5.75 Å². The van der Waals surface area contributed by atoms with E-state index in [1.54, 1.807) is 0 Å². The number of carbonyl (C=O) groups excluding carboxylic acids is 1. The van der Waals surface area contributed by atoms with Crippen LogP contribution in [-0.2, 0) is 0 Å². The first-order valence-corrected chi connectivity index (χ1v) is 4.76. The molecular weight excluding hydrogens is 230 g/mol. The minimum atomic E-state index is -0.844. The third-order valence-corrected chi connectivity index (χ3v) is 2.04. The molecule has 0 radical (unpaired) electrons. The lowest BCUT2D eigenvalue weighted by atomic mass is 10.3. The Morgan fingerprint density at radius 3 is 2.88 bits per heavy atom. The number of hydrogen-bond acceptors (Lipinski definition) is 3. The van der Waals surface area contributed by atoms with Gasteiger partial charge in [-0.15, -0.1) is 0 Å². The third kappa shape index (κ3) is 2.66. The Balaban J connectivity index is 2.01. The van der Waals surface area contributed by atoms with E-state index in [0.717, 1.165) is 12.1 Å². The number of rotatable bonds is 3. The summed E-state index contributed by atoms with van der Waals surface area (Å²) in [6, 6.07) is 2.88. The molecule has 0 spiro atoms. The maximum atomic E-state index is 13.1. The molecule has 88 valence electrons. The molecule has 0 aliphatic rings. The number of imidazole rings is 1. The van der Waals surface area contributed by atoms with E-state index < -0.39 is 17.5 Å². The number of nitrogens with zero attached hydrogens (tertiary/aromatic N) is 2. The second-order valence-corrected chi connectivity index (χ2v) is 3.23. The third-order valence-electron chi connectivity index (χ3n) is 2.04. The van der Waals surface area contributed by atoms with Gasteiger partial charge in [-0.05, 0) is 12.1 Å². The van der Waals surface area contributed by atoms with Gasteiger partial charge in [0, 0.05) is 18.5 Å². The highest BCUT2D eigenvalue weighted by Gasteiger charge is 2.08. The molecule has 0 N–H and O–H groups in total. The monoisotopic (exact) mass is 238 g/mol. The molecule has 6 heteroatoms. The van der Waals surface area contributed by atoms with Gasteiger partial charge in [0.2, 0.25) is 0 Å². The molecule has 1 heterocycles. The average molecular weight is 238 g/mol. The Labute approximate surface area is 95.5 Å². The van der Waals surface area contributed by atoms with Crippen molar-refractivity contribution in [2.75, 3.05) is 6.61 Å². The van der Waals surface area contributed by atoms with E-state index in [-0.39, 0.29) is 12.4 Å². The van der Waals surface area contributed by atoms with E-state index in [1.807, 2.05) is 0 Å². The highest BCUT2D eigenvalue weighted by Crippen LogP contribution is 2.17. The molecule has 17 heavy (non-hydrogen) atoms. The van der Waals surface area contributed by atoms with Crippen molar-refractivity contribution in [1.29, 1.82) is 0 Å². The Morgan fingerprint density at radius 1 is 1.41 bits per heavy atom. The Kier molecular flexibility index (Phi) is 3.13. The summed E-state index contributed by atoms with van der Waals surface area (Å²) in [5, 5.41) is 0. The maximum absolute atomic E-state index is 13.1. The van der Waals surface area contributed by atoms with Crippen molar-refractivity contribution in [1.82, 2.24) is 9.55 Å². The van der Waals surface area contributed by atoms with E-state index in [9.17, 15) is 13.6 Å². The average Bonchev–Trinajstić information content (AvgIpc) is 2.81. The molecule has 0 aliphatic heterocycles. The van der Waals surface area contributed by atoms with Crippen LogP contribution < -0.4 is 4.74 Å². The van der Waals surface area contributed by atoms with Crippen molar-refractivity contribution < 1.29 is 18.3 Å². The van der Waals surface area contributed by atoms with Crippen LogP contribution in [-0.4, -0.2) is 22.1 Å². The van der Waals surface area contributed by atoms with Crippen molar-refractivity contribution in [2.24, 2.45) is 0 Å². The van der Waals surface area contributed by atoms with Gasteiger partial charge in [0.25, 0.3) is 5.91 Å². The van der Waals surface area contributed by atoms with Gasteiger partial charge < -0.3 is 4.74 Å². The molecular formula is C11H8F2N2O2. The quantitative estimate of drug-likeness (QED) is 0.820. The fourth-order valence-electron chi connectivity index (χ4n) is 1.21. The number of halogens is 2. The molecule has 2 aromatic rings. The van der Waals surface area contributed by atoms with Crippen LogP contribution >= 0.6 is 0 Å². The molecule has 0 bridgehead atoms. The lowest BCUT2D eigenvalue weighted by Crippen LogP contribution is -2.18. The largest absolute Gasteiger partial charge is 0.481 e. The Morgan fingerprint density at radius 2 is 2.24 bits per heavy atom. The number of benzene rings is 1. The highest BCUT2D eigenvalue weighted by molar-refractivity contribution is 5.80. The summed E-state index contributed by atoms with van der Waals surface area (Å²) in [5.74, 6) is -2.11. The van der Waals surface area contributed by atoms with Gasteiger partial charge >= 0.3 is 0 Å². The van der Waals surface area contributed by atoms with Crippen LogP contribution in [0.1, 0.15) is 4.79 Å². The van der Waals surface area contributed by atoms with E-state index in [4.69, 9.17) is 4.74 Å². The van der Waals surface area contributed by atoms with Crippen LogP contribution in [0.4, 0.5) is 8.78 Å². The van der Waals surface area contributed by atoms with Gasteiger partial charge in [0.05, 0.1) is 0 Å². The minimum Gasteiger partial charge on any atom is -0.481 e. The molecule has 0 fully saturated rings. The maximum Gasteiger partial charge on any atom is 0.269 e. The zero-order chi connectivity index (χ0) is 12.3. The minimum absolute atomic E-state index is 0.167. The van der Waals surface area contributed by atoms with Crippen molar-refractivity contribution >= 4 is 5.91 Å². The SMILES string of the molecule is O=C(COc1ccc(F)cc1F)n1ccnc1. The van der Waals surface area contributed by atoms with Crippen molar-refractivity contribution in [3.8, 4) is 5.75 Å². The first kappa shape index (κ1) is 11.3. The number of ether oxygens (including phenoxy) is 1. The van der Waals surface area contributed by atoms with Crippen molar-refractivity contribution in [2.45, 2.75) is 0 Å². The van der Waals surface area contributed by atoms with Gasteiger partial charge in [0.1, 0.15) is 12.1 Å². The van der Waals surface area contributed by atoms with Gasteiger partial charge in [-0.3, -0.25) is 9.36 Å². The van der Waals surface area contributed by atoms with E-state index in [2.05, 4.69) is 4.98 Å². The van der Waals surface area contributed by atoms with E-state index >= 15 is 0 Å². The summed E-state index contributed by atoms with van der Waals surface area (Å²) < 4.78 is 31.9. The zero-order valence-electron chi connectivity index (χ0n) is 8.64. The summed E-state index contributed by atoms with van der Waals surface area (Å²) in [7, 11) is 0. The van der Waals surface area contributed by atoms with Gasteiger partial charge in [-0.1, -0.05) is 0 Å². The molecule has 0 unspecified atom stereocenters. The fraction of sp³-hybridized carbons (Fsp3) is 0.0909. The van der Waals surface area contributed by atoms with Gasteiger partial charge in [-0.25, -0.2) is 13.8 Å². The number of carbonyl (C=O) groups is 1. The van der Waals surface area contributed by atoms with Crippen molar-refractivity contribution in [3.63, 3.8) is 0 Å². The second kappa shape index (κ2) is 4.73. The summed E-state index contributed by atoms with van der Waals surface area (Å²) in [6.45, 7) is -0.348. The lowest BCUT2D eigenvalue weighted by molar-refractivity contribution is 0.0834. The van der Waals surface area contributed by atoms with E-state index in [1.165, 1.54) is 23.3 Å². The summed E-state index contributed by atoms with van der Waals surface area (Å²) in [4.78, 5) is 15.1. The normalized spacial score (nSPS) is 10.2. The molecule has 0 saturated carbocycles. The van der Waals surface area contributed by atoms with Gasteiger partial charge in [0.15, 0.2) is 18.2 Å². The van der Waals surface area contributed by atoms with Crippen LogP contribution in [0.15, 0.2) is 36.9 Å². The van der Waals surface area contributed by atoms with Crippen LogP contribution in [0.25, 0.3) is 0 Å². The predicted octanol–water partition coefficient (Wildman–Crippen LogP) is 1.88. The summed E-state index contributed by atoms with van der Waals surface area (Å²) >= 11 is 0. The van der Waals surface area contributed by atoms with Crippen molar-refractivity contribution in [3.05, 3.63) is 48.6 Å². The van der Waals surface area contributed by atoms with Crippen LogP contribution in [0.2, 0.25) is 0 Å². The van der Waals surface area contributed by atoms with Crippen LogP contribution in [0.3, 0.4) is 0 Å². The summed E-state index contributed by atoms with van der Waals surface area (Å²) in [5.41, 5.74) is 0. The number of aromatic nitrogens is 2. The topological polar surface area (TPSA) is 44.1 Å².